The minimum atomic E-state index is -4.36. The van der Waals surface area contributed by atoms with Crippen LogP contribution >= 0.6 is 0 Å². The molecular weight excluding hydrogens is 580 g/mol. The lowest BCUT2D eigenvalue weighted by molar-refractivity contribution is -0.110. The number of carbonyl (C=O) groups excluding carboxylic acids is 2. The third-order valence-corrected chi connectivity index (χ3v) is 8.24. The highest BCUT2D eigenvalue weighted by Crippen LogP contribution is 2.39. The van der Waals surface area contributed by atoms with Gasteiger partial charge in [0, 0.05) is 24.2 Å². The molecule has 1 aliphatic heterocycles. The number of hydrogen-bond acceptors (Lipinski definition) is 2. The molecule has 1 aliphatic rings. The SMILES string of the molecule is C=C/C(=C\C=C(/C)C(F)(F)F)C1(C)CCN(C(=O)c2ccc(-c3ccc(F)cc3)cc2)CC1.Cc1ccc([C@H](C)NC=O)cc1. The summed E-state index contributed by atoms with van der Waals surface area (Å²) in [7, 11) is 0. The standard InChI is InChI=1S/C27H27F4NO.C10H13NO/c1-4-23(12-5-19(2)27(29,30)31)26(3)15-17-32(18-16-26)25(33)22-8-6-20(7-9-22)21-10-13-24(28)14-11-21;1-8-3-5-10(6-4-8)9(2)11-7-12/h4-14H,1,15-18H2,2-3H3;3-7,9H,1-2H3,(H,11,12)/b19-5+,23-12+;/t;9-/m.0/s1. The van der Waals surface area contributed by atoms with Gasteiger partial charge in [-0.05, 0) is 85.6 Å². The number of nitrogens with zero attached hydrogens (tertiary/aromatic N) is 1. The van der Waals surface area contributed by atoms with Crippen LogP contribution in [0.3, 0.4) is 0 Å². The van der Waals surface area contributed by atoms with Gasteiger partial charge in [0.05, 0.1) is 6.04 Å². The predicted octanol–water partition coefficient (Wildman–Crippen LogP) is 9.16. The zero-order valence-corrected chi connectivity index (χ0v) is 26.1. The largest absolute Gasteiger partial charge is 0.412 e. The first-order chi connectivity index (χ1) is 21.3. The molecule has 1 atom stereocenters. The van der Waals surface area contributed by atoms with E-state index in [1.807, 2.05) is 57.2 Å². The minimum absolute atomic E-state index is 0.0837. The van der Waals surface area contributed by atoms with Gasteiger partial charge in [-0.3, -0.25) is 9.59 Å². The van der Waals surface area contributed by atoms with E-state index in [1.165, 1.54) is 23.8 Å². The van der Waals surface area contributed by atoms with Crippen molar-refractivity contribution in [2.75, 3.05) is 13.1 Å². The summed E-state index contributed by atoms with van der Waals surface area (Å²) in [4.78, 5) is 24.9. The summed E-state index contributed by atoms with van der Waals surface area (Å²) >= 11 is 0. The second-order valence-electron chi connectivity index (χ2n) is 11.5. The van der Waals surface area contributed by atoms with Gasteiger partial charge in [-0.25, -0.2) is 4.39 Å². The molecule has 3 aromatic rings. The maximum Gasteiger partial charge on any atom is 0.412 e. The van der Waals surface area contributed by atoms with Gasteiger partial charge in [0.1, 0.15) is 5.82 Å². The summed E-state index contributed by atoms with van der Waals surface area (Å²) in [6.07, 6.45) is 1.80. The van der Waals surface area contributed by atoms with Crippen LogP contribution in [0.2, 0.25) is 0 Å². The van der Waals surface area contributed by atoms with Crippen LogP contribution in [-0.2, 0) is 4.79 Å². The smallest absolute Gasteiger partial charge is 0.352 e. The van der Waals surface area contributed by atoms with Gasteiger partial charge in [0.25, 0.3) is 5.91 Å². The van der Waals surface area contributed by atoms with Crippen LogP contribution in [0.15, 0.2) is 109 Å². The molecule has 3 aromatic carbocycles. The fourth-order valence-electron chi connectivity index (χ4n) is 5.00. The average Bonchev–Trinajstić information content (AvgIpc) is 3.02. The number of rotatable bonds is 8. The number of hydrogen-bond donors (Lipinski definition) is 1. The van der Waals surface area contributed by atoms with Crippen LogP contribution < -0.4 is 5.32 Å². The van der Waals surface area contributed by atoms with Crippen molar-refractivity contribution in [3.8, 4) is 11.1 Å². The predicted molar refractivity (Wildman–Crippen MR) is 172 cm³/mol. The Morgan fingerprint density at radius 2 is 1.47 bits per heavy atom. The Morgan fingerprint density at radius 1 is 0.933 bits per heavy atom. The van der Waals surface area contributed by atoms with Crippen molar-refractivity contribution in [3.63, 3.8) is 0 Å². The van der Waals surface area contributed by atoms with Gasteiger partial charge in [-0.1, -0.05) is 85.8 Å². The first-order valence-corrected chi connectivity index (χ1v) is 14.8. The molecule has 1 fully saturated rings. The molecule has 0 saturated carbocycles. The molecule has 45 heavy (non-hydrogen) atoms. The Hall–Kier alpha value is -4.46. The quantitative estimate of drug-likeness (QED) is 0.155. The molecule has 2 amide bonds. The molecular formula is C37H40F4N2O2. The summed E-state index contributed by atoms with van der Waals surface area (Å²) in [6, 6.07) is 21.6. The second-order valence-corrected chi connectivity index (χ2v) is 11.5. The maximum atomic E-state index is 13.1. The topological polar surface area (TPSA) is 49.4 Å². The van der Waals surface area contributed by atoms with Crippen molar-refractivity contribution in [3.05, 3.63) is 131 Å². The van der Waals surface area contributed by atoms with E-state index in [4.69, 9.17) is 0 Å². The zero-order chi connectivity index (χ0) is 33.2. The van der Waals surface area contributed by atoms with E-state index in [2.05, 4.69) is 11.9 Å². The third kappa shape index (κ3) is 9.76. The highest BCUT2D eigenvalue weighted by Gasteiger charge is 2.34. The van der Waals surface area contributed by atoms with Crippen molar-refractivity contribution >= 4 is 12.3 Å². The van der Waals surface area contributed by atoms with Crippen LogP contribution in [0.5, 0.6) is 0 Å². The van der Waals surface area contributed by atoms with E-state index in [0.29, 0.717) is 31.5 Å². The van der Waals surface area contributed by atoms with Crippen LogP contribution in [0, 0.1) is 18.2 Å². The van der Waals surface area contributed by atoms with Gasteiger partial charge >= 0.3 is 6.18 Å². The van der Waals surface area contributed by atoms with Gasteiger partial charge < -0.3 is 10.2 Å². The summed E-state index contributed by atoms with van der Waals surface area (Å²) in [6.45, 7) is 11.8. The van der Waals surface area contributed by atoms with Gasteiger partial charge in [0.15, 0.2) is 0 Å². The number of allylic oxidation sites excluding steroid dienone is 5. The minimum Gasteiger partial charge on any atom is -0.352 e. The summed E-state index contributed by atoms with van der Waals surface area (Å²) in [5, 5.41) is 2.70. The number of likely N-dealkylation sites (tertiary alicyclic amines) is 1. The first kappa shape index (κ1) is 35.0. The molecule has 0 aliphatic carbocycles. The van der Waals surface area contributed by atoms with E-state index in [1.54, 1.807) is 35.2 Å². The molecule has 0 unspecified atom stereocenters. The van der Waals surface area contributed by atoms with Gasteiger partial charge in [-0.2, -0.15) is 13.2 Å². The number of carbonyl (C=O) groups is 2. The molecule has 238 valence electrons. The summed E-state index contributed by atoms with van der Waals surface area (Å²) in [5.41, 5.74) is 4.40. The van der Waals surface area contributed by atoms with Crippen molar-refractivity contribution in [2.45, 2.75) is 52.8 Å². The van der Waals surface area contributed by atoms with Crippen LogP contribution in [0.25, 0.3) is 11.1 Å². The number of benzene rings is 3. The van der Waals surface area contributed by atoms with Crippen molar-refractivity contribution in [1.29, 1.82) is 0 Å². The Labute approximate surface area is 263 Å². The fourth-order valence-corrected chi connectivity index (χ4v) is 5.00. The number of alkyl halides is 3. The molecule has 4 nitrogen and oxygen atoms in total. The number of piperidine rings is 1. The highest BCUT2D eigenvalue weighted by molar-refractivity contribution is 5.94. The second kappa shape index (κ2) is 15.5. The fraction of sp³-hybridized carbons (Fsp3) is 0.297. The number of aryl methyl sites for hydroxylation is 1. The molecule has 1 N–H and O–H groups in total. The molecule has 0 bridgehead atoms. The van der Waals surface area contributed by atoms with E-state index in [-0.39, 0.29) is 23.2 Å². The Bertz CT molecular complexity index is 1500. The highest BCUT2D eigenvalue weighted by atomic mass is 19.4. The van der Waals surface area contributed by atoms with E-state index >= 15 is 0 Å². The third-order valence-electron chi connectivity index (χ3n) is 8.24. The van der Waals surface area contributed by atoms with Crippen molar-refractivity contribution in [1.82, 2.24) is 10.2 Å². The van der Waals surface area contributed by atoms with Crippen LogP contribution in [0.4, 0.5) is 17.6 Å². The van der Waals surface area contributed by atoms with E-state index in [0.717, 1.165) is 41.7 Å². The molecule has 1 heterocycles. The van der Waals surface area contributed by atoms with Gasteiger partial charge in [-0.15, -0.1) is 0 Å². The molecule has 0 aromatic heterocycles. The normalized spacial score (nSPS) is 15.8. The van der Waals surface area contributed by atoms with Crippen molar-refractivity contribution in [2.24, 2.45) is 5.41 Å². The molecule has 8 heteroatoms. The monoisotopic (exact) mass is 620 g/mol. The molecule has 0 radical (unpaired) electrons. The van der Waals surface area contributed by atoms with E-state index in [9.17, 15) is 27.2 Å². The maximum absolute atomic E-state index is 13.1. The van der Waals surface area contributed by atoms with E-state index < -0.39 is 11.7 Å². The van der Waals surface area contributed by atoms with Crippen LogP contribution in [0.1, 0.15) is 61.1 Å². The number of halogens is 4. The summed E-state index contributed by atoms with van der Waals surface area (Å²) < 4.78 is 51.5. The number of amides is 2. The average molecular weight is 621 g/mol. The molecule has 1 saturated heterocycles. The Balaban J connectivity index is 0.000000385. The summed E-state index contributed by atoms with van der Waals surface area (Å²) in [5.74, 6) is -0.386. The molecule has 4 rings (SSSR count). The lowest BCUT2D eigenvalue weighted by Crippen LogP contribution is -2.42. The van der Waals surface area contributed by atoms with Crippen molar-refractivity contribution < 1.29 is 27.2 Å². The number of nitrogens with one attached hydrogen (secondary N) is 1. The Morgan fingerprint density at radius 3 is 1.96 bits per heavy atom. The zero-order valence-electron chi connectivity index (χ0n) is 26.1. The first-order valence-electron chi connectivity index (χ1n) is 14.8. The van der Waals surface area contributed by atoms with Gasteiger partial charge in [0.2, 0.25) is 6.41 Å². The lowest BCUT2D eigenvalue weighted by Gasteiger charge is -2.40. The Kier molecular flexibility index (Phi) is 12.1. The lowest BCUT2D eigenvalue weighted by atomic mass is 9.73. The molecule has 0 spiro atoms. The van der Waals surface area contributed by atoms with Crippen LogP contribution in [-0.4, -0.2) is 36.5 Å².